The number of hydrogen-bond acceptors (Lipinski definition) is 2. The molecule has 5 heteroatoms. The molecule has 0 saturated heterocycles. The van der Waals surface area contributed by atoms with Gasteiger partial charge < -0.3 is 0 Å². The summed E-state index contributed by atoms with van der Waals surface area (Å²) in [5.41, 5.74) is 2.86. The second-order valence-electron chi connectivity index (χ2n) is 5.63. The van der Waals surface area contributed by atoms with Crippen LogP contribution in [0.5, 0.6) is 0 Å². The van der Waals surface area contributed by atoms with Gasteiger partial charge in [0.15, 0.2) is 15.9 Å². The Balaban J connectivity index is 2.31. The first kappa shape index (κ1) is 17.4. The highest BCUT2D eigenvalue weighted by Crippen LogP contribution is 2.47. The van der Waals surface area contributed by atoms with Crippen molar-refractivity contribution < 1.29 is 4.79 Å². The normalized spacial score (nSPS) is 16.8. The van der Waals surface area contributed by atoms with E-state index < -0.39 is 0 Å². The van der Waals surface area contributed by atoms with Gasteiger partial charge in [-0.1, -0.05) is 63.8 Å². The number of nitrogens with zero attached hydrogens (tertiary/aromatic N) is 2. The molecule has 1 aliphatic heterocycles. The standard InChI is InChI=1S/C19H19Br2N2O/c1-2-13-22-17(14-20)18(21)19(24)23(22,15-9-5-3-6-10-15)16-11-7-4-8-12-16/h3-12H,2,13-14H2,1H3/q+1. The molecular weight excluding hydrogens is 432 g/mol. The number of halogens is 2. The van der Waals surface area contributed by atoms with E-state index in [1.807, 2.05) is 60.7 Å². The number of quaternary nitrogens is 1. The molecule has 24 heavy (non-hydrogen) atoms. The molecular formula is C19H19Br2N2O+. The van der Waals surface area contributed by atoms with Crippen molar-refractivity contribution in [2.75, 3.05) is 11.9 Å². The maximum atomic E-state index is 13.5. The molecule has 0 bridgehead atoms. The average molecular weight is 451 g/mol. The molecule has 0 N–H and O–H groups in total. The third-order valence-electron chi connectivity index (χ3n) is 4.23. The van der Waals surface area contributed by atoms with Gasteiger partial charge in [0.1, 0.15) is 5.70 Å². The van der Waals surface area contributed by atoms with Crippen molar-refractivity contribution >= 4 is 49.1 Å². The summed E-state index contributed by atoms with van der Waals surface area (Å²) in [7, 11) is 0. The van der Waals surface area contributed by atoms with Crippen molar-refractivity contribution in [3.63, 3.8) is 0 Å². The highest BCUT2D eigenvalue weighted by Gasteiger charge is 2.56. The second-order valence-corrected chi connectivity index (χ2v) is 6.98. The zero-order valence-electron chi connectivity index (χ0n) is 13.5. The van der Waals surface area contributed by atoms with E-state index in [0.717, 1.165) is 30.0 Å². The topological polar surface area (TPSA) is 20.3 Å². The Morgan fingerprint density at radius 3 is 1.88 bits per heavy atom. The number of alkyl halides is 1. The first-order valence-corrected chi connectivity index (χ1v) is 9.87. The summed E-state index contributed by atoms with van der Waals surface area (Å²) in [5, 5.41) is 2.81. The minimum atomic E-state index is 0.0373. The van der Waals surface area contributed by atoms with Crippen LogP contribution >= 0.6 is 31.9 Å². The summed E-state index contributed by atoms with van der Waals surface area (Å²) in [6, 6.07) is 20.0. The number of carbonyl (C=O) groups excluding carboxylic acids is 1. The highest BCUT2D eigenvalue weighted by atomic mass is 79.9. The minimum Gasteiger partial charge on any atom is -0.221 e. The molecule has 3 rings (SSSR count). The van der Waals surface area contributed by atoms with Crippen LogP contribution in [0.25, 0.3) is 0 Å². The highest BCUT2D eigenvalue weighted by molar-refractivity contribution is 9.12. The number of rotatable bonds is 5. The summed E-state index contributed by atoms with van der Waals surface area (Å²) in [6.07, 6.45) is 0.948. The van der Waals surface area contributed by atoms with E-state index in [9.17, 15) is 4.79 Å². The molecule has 0 spiro atoms. The lowest BCUT2D eigenvalue weighted by molar-refractivity contribution is -0.129. The molecule has 0 radical (unpaired) electrons. The molecule has 1 amide bonds. The van der Waals surface area contributed by atoms with Gasteiger partial charge >= 0.3 is 5.91 Å². The van der Waals surface area contributed by atoms with E-state index in [0.29, 0.717) is 9.81 Å². The van der Waals surface area contributed by atoms with E-state index in [1.54, 1.807) is 0 Å². The average Bonchev–Trinajstić information content (AvgIpc) is 2.85. The van der Waals surface area contributed by atoms with Crippen molar-refractivity contribution in [2.24, 2.45) is 0 Å². The van der Waals surface area contributed by atoms with E-state index >= 15 is 0 Å². The van der Waals surface area contributed by atoms with Crippen molar-refractivity contribution in [1.82, 2.24) is 9.60 Å². The SMILES string of the molecule is CCCN1C(CBr)=C(Br)C(=O)[N+]1(c1ccccc1)c1ccccc1. The predicted molar refractivity (Wildman–Crippen MR) is 106 cm³/mol. The van der Waals surface area contributed by atoms with Crippen LogP contribution in [0, 0.1) is 0 Å². The third-order valence-corrected chi connectivity index (χ3v) is 5.56. The number of carbonyl (C=O) groups is 1. The summed E-state index contributed by atoms with van der Waals surface area (Å²) < 4.78 is 0.706. The zero-order chi connectivity index (χ0) is 17.2. The van der Waals surface area contributed by atoms with Gasteiger partial charge in [-0.15, -0.1) is 0 Å². The van der Waals surface area contributed by atoms with Crippen molar-refractivity contribution in [1.29, 1.82) is 0 Å². The van der Waals surface area contributed by atoms with Crippen molar-refractivity contribution in [2.45, 2.75) is 13.3 Å². The summed E-state index contributed by atoms with van der Waals surface area (Å²) in [5.74, 6) is 0.0373. The third kappa shape index (κ3) is 2.55. The Labute approximate surface area is 159 Å². The van der Waals surface area contributed by atoms with Crippen molar-refractivity contribution in [3.05, 3.63) is 70.8 Å². The monoisotopic (exact) mass is 449 g/mol. The predicted octanol–water partition coefficient (Wildman–Crippen LogP) is 5.49. The van der Waals surface area contributed by atoms with Gasteiger partial charge in [-0.05, 0) is 22.4 Å². The van der Waals surface area contributed by atoms with Crippen LogP contribution in [0.3, 0.4) is 0 Å². The Bertz CT molecular complexity index is 720. The van der Waals surface area contributed by atoms with Crippen molar-refractivity contribution in [3.8, 4) is 0 Å². The molecule has 0 saturated carbocycles. The lowest BCUT2D eigenvalue weighted by atomic mass is 10.2. The zero-order valence-corrected chi connectivity index (χ0v) is 16.6. The molecule has 0 unspecified atom stereocenters. The molecule has 0 fully saturated rings. The Kier molecular flexibility index (Phi) is 5.23. The van der Waals surface area contributed by atoms with Gasteiger partial charge in [-0.3, -0.25) is 0 Å². The molecule has 0 aromatic heterocycles. The summed E-state index contributed by atoms with van der Waals surface area (Å²) >= 11 is 7.11. The lowest BCUT2D eigenvalue weighted by Gasteiger charge is -2.39. The maximum Gasteiger partial charge on any atom is 0.389 e. The maximum absolute atomic E-state index is 13.5. The van der Waals surface area contributed by atoms with Crippen LogP contribution in [-0.2, 0) is 4.79 Å². The molecule has 1 heterocycles. The first-order chi connectivity index (χ1) is 11.7. The Hall–Kier alpha value is -1.43. The Morgan fingerprint density at radius 2 is 1.46 bits per heavy atom. The minimum absolute atomic E-state index is 0.0373. The quantitative estimate of drug-likeness (QED) is 0.443. The number of benzene rings is 2. The van der Waals surface area contributed by atoms with E-state index in [1.165, 1.54) is 0 Å². The number of para-hydroxylation sites is 2. The fourth-order valence-electron chi connectivity index (χ4n) is 3.24. The van der Waals surface area contributed by atoms with Crippen LogP contribution in [0.15, 0.2) is 70.8 Å². The van der Waals surface area contributed by atoms with Gasteiger partial charge in [0.25, 0.3) is 0 Å². The van der Waals surface area contributed by atoms with E-state index in [2.05, 4.69) is 43.8 Å². The molecule has 3 nitrogen and oxygen atoms in total. The summed E-state index contributed by atoms with van der Waals surface area (Å²) in [4.78, 5) is 13.5. The molecule has 124 valence electrons. The van der Waals surface area contributed by atoms with Gasteiger partial charge in [-0.2, -0.15) is 0 Å². The molecule has 0 atom stereocenters. The fraction of sp³-hybridized carbons (Fsp3) is 0.211. The van der Waals surface area contributed by atoms with Gasteiger partial charge in [0.05, 0.1) is 11.9 Å². The Morgan fingerprint density at radius 1 is 0.958 bits per heavy atom. The number of allylic oxidation sites excluding steroid dienone is 1. The van der Waals surface area contributed by atoms with Crippen LogP contribution < -0.4 is 4.59 Å². The lowest BCUT2D eigenvalue weighted by Crippen LogP contribution is -2.57. The largest absolute Gasteiger partial charge is 0.389 e. The van der Waals surface area contributed by atoms with E-state index in [4.69, 9.17) is 0 Å². The fourth-order valence-corrected chi connectivity index (χ4v) is 4.79. The van der Waals surface area contributed by atoms with Crippen LogP contribution in [-0.4, -0.2) is 22.8 Å². The van der Waals surface area contributed by atoms with E-state index in [-0.39, 0.29) is 10.5 Å². The number of amides is 1. The van der Waals surface area contributed by atoms with Gasteiger partial charge in [-0.25, -0.2) is 9.80 Å². The first-order valence-electron chi connectivity index (χ1n) is 7.95. The number of hydrogen-bond donors (Lipinski definition) is 0. The van der Waals surface area contributed by atoms with Crippen LogP contribution in [0.4, 0.5) is 11.4 Å². The molecule has 2 aromatic carbocycles. The van der Waals surface area contributed by atoms with Gasteiger partial charge in [0.2, 0.25) is 0 Å². The molecule has 1 aliphatic rings. The van der Waals surface area contributed by atoms with Crippen LogP contribution in [0.1, 0.15) is 13.3 Å². The van der Waals surface area contributed by atoms with Gasteiger partial charge in [0, 0.05) is 24.3 Å². The molecule has 2 aromatic rings. The van der Waals surface area contributed by atoms with Crippen LogP contribution in [0.2, 0.25) is 0 Å². The second kappa shape index (κ2) is 7.21. The molecule has 0 aliphatic carbocycles. The summed E-state index contributed by atoms with van der Waals surface area (Å²) in [6.45, 7) is 2.92. The smallest absolute Gasteiger partial charge is 0.221 e.